The summed E-state index contributed by atoms with van der Waals surface area (Å²) in [5.74, 6) is 0.968. The quantitative estimate of drug-likeness (QED) is 0.819. The fraction of sp³-hybridized carbons (Fsp3) is 0.364. The van der Waals surface area contributed by atoms with Crippen LogP contribution >= 0.6 is 0 Å². The van der Waals surface area contributed by atoms with E-state index in [1.807, 2.05) is 0 Å². The summed E-state index contributed by atoms with van der Waals surface area (Å²) in [6.07, 6.45) is 3.06. The molecule has 0 saturated carbocycles. The summed E-state index contributed by atoms with van der Waals surface area (Å²) in [4.78, 5) is 4.11. The number of hydrogen-bond donors (Lipinski definition) is 2. The zero-order valence-corrected chi connectivity index (χ0v) is 11.6. The SMILES string of the molecule is Cc1cnc(CNS(=O)(=O)c2cc(CN)n(C)c2)o1. The van der Waals surface area contributed by atoms with Gasteiger partial charge in [0.15, 0.2) is 0 Å². The summed E-state index contributed by atoms with van der Waals surface area (Å²) in [5.41, 5.74) is 6.26. The molecule has 2 aromatic heterocycles. The minimum absolute atomic E-state index is 0.0169. The second-order valence-electron chi connectivity index (χ2n) is 4.17. The van der Waals surface area contributed by atoms with Crippen LogP contribution in [0.4, 0.5) is 0 Å². The Morgan fingerprint density at radius 1 is 1.53 bits per heavy atom. The Labute approximate surface area is 111 Å². The number of aromatic nitrogens is 2. The lowest BCUT2D eigenvalue weighted by molar-refractivity contribution is 0.463. The van der Waals surface area contributed by atoms with Gasteiger partial charge in [-0.15, -0.1) is 0 Å². The summed E-state index contributed by atoms with van der Waals surface area (Å²) in [6.45, 7) is 2.05. The van der Waals surface area contributed by atoms with Crippen molar-refractivity contribution in [3.8, 4) is 0 Å². The molecule has 7 nitrogen and oxygen atoms in total. The Kier molecular flexibility index (Phi) is 3.74. The van der Waals surface area contributed by atoms with Crippen LogP contribution in [0.15, 0.2) is 27.8 Å². The molecule has 2 rings (SSSR count). The van der Waals surface area contributed by atoms with Gasteiger partial charge in [-0.1, -0.05) is 0 Å². The van der Waals surface area contributed by atoms with Crippen LogP contribution in [0.2, 0.25) is 0 Å². The van der Waals surface area contributed by atoms with Crippen molar-refractivity contribution in [2.24, 2.45) is 12.8 Å². The highest BCUT2D eigenvalue weighted by Gasteiger charge is 2.17. The number of rotatable bonds is 5. The predicted octanol–water partition coefficient (Wildman–Crippen LogP) is 0.259. The van der Waals surface area contributed by atoms with E-state index in [0.29, 0.717) is 11.7 Å². The molecule has 0 aliphatic heterocycles. The van der Waals surface area contributed by atoms with Gasteiger partial charge in [0.2, 0.25) is 15.9 Å². The maximum absolute atomic E-state index is 12.1. The molecule has 0 aliphatic rings. The molecular weight excluding hydrogens is 268 g/mol. The van der Waals surface area contributed by atoms with Crippen molar-refractivity contribution in [1.82, 2.24) is 14.3 Å². The minimum atomic E-state index is -3.59. The Hall–Kier alpha value is -1.64. The van der Waals surface area contributed by atoms with Crippen molar-refractivity contribution in [3.05, 3.63) is 35.8 Å². The second kappa shape index (κ2) is 5.16. The lowest BCUT2D eigenvalue weighted by Crippen LogP contribution is -2.23. The Morgan fingerprint density at radius 3 is 2.79 bits per heavy atom. The maximum atomic E-state index is 12.1. The molecular formula is C11H16N4O3S. The Balaban J connectivity index is 2.13. The molecule has 0 saturated heterocycles. The zero-order valence-electron chi connectivity index (χ0n) is 10.8. The number of oxazole rings is 1. The molecule has 3 N–H and O–H groups in total. The highest BCUT2D eigenvalue weighted by molar-refractivity contribution is 7.89. The molecule has 0 unspecified atom stereocenters. The van der Waals surface area contributed by atoms with Gasteiger partial charge in [0.05, 0.1) is 17.6 Å². The summed E-state index contributed by atoms with van der Waals surface area (Å²) in [7, 11) is -1.84. The fourth-order valence-electron chi connectivity index (χ4n) is 1.65. The number of nitrogens with one attached hydrogen (secondary N) is 1. The van der Waals surface area contributed by atoms with E-state index in [1.54, 1.807) is 30.8 Å². The van der Waals surface area contributed by atoms with Crippen molar-refractivity contribution in [1.29, 1.82) is 0 Å². The molecule has 2 heterocycles. The van der Waals surface area contributed by atoms with E-state index in [0.717, 1.165) is 5.69 Å². The lowest BCUT2D eigenvalue weighted by atomic mass is 10.4. The predicted molar refractivity (Wildman–Crippen MR) is 68.6 cm³/mol. The van der Waals surface area contributed by atoms with Crippen LogP contribution in [0.3, 0.4) is 0 Å². The van der Waals surface area contributed by atoms with Crippen LogP contribution in [0.25, 0.3) is 0 Å². The molecule has 2 aromatic rings. The van der Waals surface area contributed by atoms with Gasteiger partial charge in [0.25, 0.3) is 0 Å². The summed E-state index contributed by atoms with van der Waals surface area (Å²) >= 11 is 0. The molecule has 0 atom stereocenters. The second-order valence-corrected chi connectivity index (χ2v) is 5.94. The van der Waals surface area contributed by atoms with E-state index in [9.17, 15) is 8.42 Å². The normalized spacial score (nSPS) is 11.9. The third-order valence-corrected chi connectivity index (χ3v) is 4.05. The molecule has 0 fully saturated rings. The summed E-state index contributed by atoms with van der Waals surface area (Å²) in [6, 6.07) is 1.54. The van der Waals surface area contributed by atoms with Crippen molar-refractivity contribution < 1.29 is 12.8 Å². The molecule has 0 spiro atoms. The van der Waals surface area contributed by atoms with Gasteiger partial charge < -0.3 is 14.7 Å². The molecule has 0 radical (unpaired) electrons. The molecule has 19 heavy (non-hydrogen) atoms. The first-order valence-corrected chi connectivity index (χ1v) is 7.17. The van der Waals surface area contributed by atoms with Crippen LogP contribution in [0.5, 0.6) is 0 Å². The molecule has 0 aliphatic carbocycles. The van der Waals surface area contributed by atoms with E-state index in [4.69, 9.17) is 10.2 Å². The van der Waals surface area contributed by atoms with Crippen LogP contribution in [-0.4, -0.2) is 18.0 Å². The summed E-state index contributed by atoms with van der Waals surface area (Å²) < 4.78 is 33.4. The first kappa shape index (κ1) is 13.8. The average Bonchev–Trinajstić information content (AvgIpc) is 2.93. The van der Waals surface area contributed by atoms with Gasteiger partial charge in [-0.25, -0.2) is 18.1 Å². The van der Waals surface area contributed by atoms with E-state index in [1.165, 1.54) is 6.20 Å². The number of hydrogen-bond acceptors (Lipinski definition) is 5. The minimum Gasteiger partial charge on any atom is -0.445 e. The van der Waals surface area contributed by atoms with Gasteiger partial charge in [-0.05, 0) is 13.0 Å². The first-order valence-electron chi connectivity index (χ1n) is 5.68. The monoisotopic (exact) mass is 284 g/mol. The van der Waals surface area contributed by atoms with Gasteiger partial charge in [-0.3, -0.25) is 0 Å². The van der Waals surface area contributed by atoms with Gasteiger partial charge in [0.1, 0.15) is 5.76 Å². The first-order chi connectivity index (χ1) is 8.92. The van der Waals surface area contributed by atoms with E-state index < -0.39 is 10.0 Å². The molecule has 0 aromatic carbocycles. The molecule has 0 amide bonds. The Morgan fingerprint density at radius 2 is 2.26 bits per heavy atom. The van der Waals surface area contributed by atoms with Crippen LogP contribution in [-0.2, 0) is 30.2 Å². The number of aryl methyl sites for hydroxylation is 2. The van der Waals surface area contributed by atoms with E-state index in [2.05, 4.69) is 9.71 Å². The van der Waals surface area contributed by atoms with Crippen LogP contribution < -0.4 is 10.5 Å². The van der Waals surface area contributed by atoms with Crippen molar-refractivity contribution >= 4 is 10.0 Å². The van der Waals surface area contributed by atoms with Crippen LogP contribution in [0.1, 0.15) is 17.3 Å². The molecule has 0 bridgehead atoms. The number of nitrogens with two attached hydrogens (primary N) is 1. The van der Waals surface area contributed by atoms with E-state index >= 15 is 0 Å². The highest BCUT2D eigenvalue weighted by Crippen LogP contribution is 2.13. The third-order valence-electron chi connectivity index (χ3n) is 2.68. The Bertz CT molecular complexity index is 672. The number of sulfonamides is 1. The summed E-state index contributed by atoms with van der Waals surface area (Å²) in [5, 5.41) is 0. The van der Waals surface area contributed by atoms with Gasteiger partial charge >= 0.3 is 0 Å². The zero-order chi connectivity index (χ0) is 14.0. The van der Waals surface area contributed by atoms with Gasteiger partial charge in [0, 0.05) is 25.5 Å². The largest absolute Gasteiger partial charge is 0.445 e. The molecule has 8 heteroatoms. The van der Waals surface area contributed by atoms with E-state index in [-0.39, 0.29) is 18.0 Å². The van der Waals surface area contributed by atoms with Crippen molar-refractivity contribution in [2.75, 3.05) is 0 Å². The van der Waals surface area contributed by atoms with Crippen molar-refractivity contribution in [2.45, 2.75) is 24.9 Å². The van der Waals surface area contributed by atoms with Crippen LogP contribution in [0, 0.1) is 6.92 Å². The standard InChI is InChI=1S/C11H16N4O3S/c1-8-5-13-11(18-8)6-14-19(16,17)10-3-9(4-12)15(2)7-10/h3,5,7,14H,4,6,12H2,1-2H3. The van der Waals surface area contributed by atoms with Gasteiger partial charge in [-0.2, -0.15) is 0 Å². The average molecular weight is 284 g/mol. The topological polar surface area (TPSA) is 103 Å². The smallest absolute Gasteiger partial charge is 0.242 e. The van der Waals surface area contributed by atoms with Crippen molar-refractivity contribution in [3.63, 3.8) is 0 Å². The third kappa shape index (κ3) is 3.03. The highest BCUT2D eigenvalue weighted by atomic mass is 32.2. The fourth-order valence-corrected chi connectivity index (χ4v) is 2.72. The lowest BCUT2D eigenvalue weighted by Gasteiger charge is -2.01. The number of nitrogens with zero attached hydrogens (tertiary/aromatic N) is 2. The molecule has 104 valence electrons. The maximum Gasteiger partial charge on any atom is 0.242 e.